The predicted molar refractivity (Wildman–Crippen MR) is 104 cm³/mol. The molecule has 0 aliphatic rings. The number of pyridine rings is 1. The standard InChI is InChI=1S/C23H19F3NO/c1-14-3-4-15(2)20(11-14)22-19-8-6-16-5-7-17(23(24,25)26)12-21(16)18(19)9-10-27(22)13-28/h3-12,28H,13H2,1-2H3/q+1. The first kappa shape index (κ1) is 18.4. The maximum Gasteiger partial charge on any atom is 0.416 e. The van der Waals surface area contributed by atoms with E-state index in [1.807, 2.05) is 44.2 Å². The molecule has 4 aromatic rings. The number of hydrogen-bond acceptors (Lipinski definition) is 1. The SMILES string of the molecule is Cc1ccc(C)c(-c2c3ccc4ccc(C(F)(F)F)cc4c3cc[n+]2CO)c1. The van der Waals surface area contributed by atoms with Gasteiger partial charge in [0.25, 0.3) is 6.73 Å². The summed E-state index contributed by atoms with van der Waals surface area (Å²) >= 11 is 0. The molecule has 0 spiro atoms. The first-order valence-corrected chi connectivity index (χ1v) is 8.94. The van der Waals surface area contributed by atoms with Crippen molar-refractivity contribution in [2.45, 2.75) is 26.8 Å². The highest BCUT2D eigenvalue weighted by Crippen LogP contribution is 2.36. The molecule has 0 amide bonds. The molecule has 1 N–H and O–H groups in total. The second kappa shape index (κ2) is 6.60. The van der Waals surface area contributed by atoms with Gasteiger partial charge in [0.05, 0.1) is 16.5 Å². The lowest BCUT2D eigenvalue weighted by Crippen LogP contribution is -2.36. The van der Waals surface area contributed by atoms with Crippen molar-refractivity contribution in [1.29, 1.82) is 0 Å². The lowest BCUT2D eigenvalue weighted by atomic mass is 9.94. The Kier molecular flexibility index (Phi) is 4.35. The largest absolute Gasteiger partial charge is 0.416 e. The topological polar surface area (TPSA) is 24.1 Å². The van der Waals surface area contributed by atoms with Crippen molar-refractivity contribution in [3.05, 3.63) is 77.5 Å². The molecule has 1 heterocycles. The van der Waals surface area contributed by atoms with E-state index >= 15 is 0 Å². The fourth-order valence-electron chi connectivity index (χ4n) is 3.71. The second-order valence-corrected chi connectivity index (χ2v) is 7.05. The second-order valence-electron chi connectivity index (χ2n) is 7.05. The van der Waals surface area contributed by atoms with E-state index in [9.17, 15) is 18.3 Å². The molecule has 1 aromatic heterocycles. The first-order chi connectivity index (χ1) is 13.3. The molecule has 0 bridgehead atoms. The monoisotopic (exact) mass is 382 g/mol. The van der Waals surface area contributed by atoms with Crippen molar-refractivity contribution in [1.82, 2.24) is 0 Å². The summed E-state index contributed by atoms with van der Waals surface area (Å²) in [5.41, 5.74) is 3.18. The van der Waals surface area contributed by atoms with Crippen molar-refractivity contribution in [3.8, 4) is 11.3 Å². The highest BCUT2D eigenvalue weighted by atomic mass is 19.4. The summed E-state index contributed by atoms with van der Waals surface area (Å²) in [6, 6.07) is 15.4. The minimum Gasteiger partial charge on any atom is -0.339 e. The van der Waals surface area contributed by atoms with Gasteiger partial charge in [-0.2, -0.15) is 17.7 Å². The van der Waals surface area contributed by atoms with Gasteiger partial charge in [0.15, 0.2) is 6.20 Å². The number of hydrogen-bond donors (Lipinski definition) is 1. The smallest absolute Gasteiger partial charge is 0.339 e. The van der Waals surface area contributed by atoms with Crippen LogP contribution in [-0.2, 0) is 12.9 Å². The van der Waals surface area contributed by atoms with Crippen LogP contribution in [0.2, 0.25) is 0 Å². The zero-order valence-electron chi connectivity index (χ0n) is 15.5. The summed E-state index contributed by atoms with van der Waals surface area (Å²) in [6.07, 6.45) is -2.68. The third-order valence-corrected chi connectivity index (χ3v) is 5.15. The van der Waals surface area contributed by atoms with Crippen LogP contribution in [0.25, 0.3) is 32.8 Å². The van der Waals surface area contributed by atoms with E-state index < -0.39 is 11.7 Å². The molecule has 3 aromatic carbocycles. The Morgan fingerprint density at radius 1 is 0.857 bits per heavy atom. The van der Waals surface area contributed by atoms with Crippen LogP contribution in [0.5, 0.6) is 0 Å². The molecule has 5 heteroatoms. The fourth-order valence-corrected chi connectivity index (χ4v) is 3.71. The highest BCUT2D eigenvalue weighted by molar-refractivity contribution is 6.10. The van der Waals surface area contributed by atoms with Gasteiger partial charge < -0.3 is 5.11 Å². The molecule has 0 radical (unpaired) electrons. The summed E-state index contributed by atoms with van der Waals surface area (Å²) in [4.78, 5) is 0. The Morgan fingerprint density at radius 3 is 2.32 bits per heavy atom. The van der Waals surface area contributed by atoms with Crippen LogP contribution in [0.15, 0.2) is 60.8 Å². The number of aliphatic hydroxyl groups excluding tert-OH is 1. The van der Waals surface area contributed by atoms with Crippen LogP contribution >= 0.6 is 0 Å². The van der Waals surface area contributed by atoms with Crippen molar-refractivity contribution >= 4 is 21.5 Å². The molecule has 28 heavy (non-hydrogen) atoms. The number of halogens is 3. The van der Waals surface area contributed by atoms with Crippen LogP contribution < -0.4 is 4.57 Å². The quantitative estimate of drug-likeness (QED) is 0.358. The molecule has 0 saturated heterocycles. The number of rotatable bonds is 2. The summed E-state index contributed by atoms with van der Waals surface area (Å²) in [5, 5.41) is 12.7. The van der Waals surface area contributed by atoms with Crippen molar-refractivity contribution in [3.63, 3.8) is 0 Å². The molecule has 142 valence electrons. The average Bonchev–Trinajstić information content (AvgIpc) is 2.67. The van der Waals surface area contributed by atoms with Gasteiger partial charge in [0.2, 0.25) is 5.69 Å². The summed E-state index contributed by atoms with van der Waals surface area (Å²) in [5.74, 6) is 0. The van der Waals surface area contributed by atoms with E-state index in [0.717, 1.165) is 44.6 Å². The Hall–Kier alpha value is -2.92. The van der Waals surface area contributed by atoms with Crippen LogP contribution in [0.3, 0.4) is 0 Å². The molecule has 0 aliphatic heterocycles. The van der Waals surface area contributed by atoms with Gasteiger partial charge in [-0.15, -0.1) is 0 Å². The molecular weight excluding hydrogens is 363 g/mol. The summed E-state index contributed by atoms with van der Waals surface area (Å²) in [6.45, 7) is 3.75. The molecule has 0 saturated carbocycles. The maximum atomic E-state index is 13.2. The van der Waals surface area contributed by atoms with E-state index in [0.29, 0.717) is 5.39 Å². The molecule has 0 fully saturated rings. The molecule has 0 aliphatic carbocycles. The Bertz CT molecular complexity index is 1210. The number of alkyl halides is 3. The zero-order valence-corrected chi connectivity index (χ0v) is 15.5. The Labute approximate surface area is 160 Å². The summed E-state index contributed by atoms with van der Waals surface area (Å²) in [7, 11) is 0. The van der Waals surface area contributed by atoms with Gasteiger partial charge in [-0.05, 0) is 54.4 Å². The molecule has 2 nitrogen and oxygen atoms in total. The number of aliphatic hydroxyl groups is 1. The van der Waals surface area contributed by atoms with Crippen LogP contribution in [-0.4, -0.2) is 5.11 Å². The van der Waals surface area contributed by atoms with Crippen LogP contribution in [0, 0.1) is 13.8 Å². The predicted octanol–water partition coefficient (Wildman–Crippen LogP) is 5.53. The van der Waals surface area contributed by atoms with E-state index in [1.165, 1.54) is 12.1 Å². The normalized spacial score (nSPS) is 12.1. The summed E-state index contributed by atoms with van der Waals surface area (Å²) < 4.78 is 41.4. The average molecular weight is 382 g/mol. The fraction of sp³-hybridized carbons (Fsp3) is 0.174. The van der Waals surface area contributed by atoms with Gasteiger partial charge in [-0.1, -0.05) is 29.8 Å². The number of nitrogens with zero attached hydrogens (tertiary/aromatic N) is 1. The third kappa shape index (κ3) is 3.02. The first-order valence-electron chi connectivity index (χ1n) is 8.94. The van der Waals surface area contributed by atoms with Crippen molar-refractivity contribution in [2.75, 3.05) is 0 Å². The molecule has 0 unspecified atom stereocenters. The van der Waals surface area contributed by atoms with Crippen LogP contribution in [0.4, 0.5) is 13.2 Å². The molecular formula is C23H19F3NO+. The van der Waals surface area contributed by atoms with Gasteiger partial charge in [0, 0.05) is 11.5 Å². The van der Waals surface area contributed by atoms with E-state index in [2.05, 4.69) is 0 Å². The van der Waals surface area contributed by atoms with E-state index in [4.69, 9.17) is 0 Å². The third-order valence-electron chi connectivity index (χ3n) is 5.15. The van der Waals surface area contributed by atoms with Gasteiger partial charge in [0.1, 0.15) is 0 Å². The highest BCUT2D eigenvalue weighted by Gasteiger charge is 2.30. The number of aryl methyl sites for hydroxylation is 2. The Balaban J connectivity index is 2.12. The molecule has 0 atom stereocenters. The van der Waals surface area contributed by atoms with Gasteiger partial charge in [-0.25, -0.2) is 0 Å². The van der Waals surface area contributed by atoms with Crippen molar-refractivity contribution in [2.24, 2.45) is 0 Å². The maximum absolute atomic E-state index is 13.2. The lowest BCUT2D eigenvalue weighted by Gasteiger charge is -2.13. The lowest BCUT2D eigenvalue weighted by molar-refractivity contribution is -0.718. The molecule has 4 rings (SSSR count). The Morgan fingerprint density at radius 2 is 1.61 bits per heavy atom. The van der Waals surface area contributed by atoms with Crippen molar-refractivity contribution < 1.29 is 22.8 Å². The number of aromatic nitrogens is 1. The van der Waals surface area contributed by atoms with Gasteiger partial charge >= 0.3 is 6.18 Å². The van der Waals surface area contributed by atoms with Gasteiger partial charge in [-0.3, -0.25) is 0 Å². The zero-order chi connectivity index (χ0) is 20.1. The van der Waals surface area contributed by atoms with Crippen LogP contribution in [0.1, 0.15) is 16.7 Å². The van der Waals surface area contributed by atoms with E-state index in [-0.39, 0.29) is 6.73 Å². The van der Waals surface area contributed by atoms with E-state index in [1.54, 1.807) is 16.8 Å². The number of benzene rings is 3. The minimum absolute atomic E-state index is 0.223. The number of fused-ring (bicyclic) bond motifs is 3. The minimum atomic E-state index is -4.40.